The van der Waals surface area contributed by atoms with Crippen molar-refractivity contribution in [1.29, 1.82) is 5.41 Å². The van der Waals surface area contributed by atoms with Crippen molar-refractivity contribution in [1.82, 2.24) is 5.32 Å². The molecule has 7 N–H and O–H groups in total. The molecule has 2 atom stereocenters. The second-order valence-corrected chi connectivity index (χ2v) is 3.94. The molecule has 0 aromatic heterocycles. The van der Waals surface area contributed by atoms with Gasteiger partial charge >= 0.3 is 11.9 Å². The van der Waals surface area contributed by atoms with Gasteiger partial charge in [0, 0.05) is 6.54 Å². The zero-order valence-electron chi connectivity index (χ0n) is 10.3. The summed E-state index contributed by atoms with van der Waals surface area (Å²) in [6, 6.07) is -0.906. The summed E-state index contributed by atoms with van der Waals surface area (Å²) in [6.07, 6.45) is -0.285. The van der Waals surface area contributed by atoms with E-state index in [4.69, 9.17) is 22.0 Å². The van der Waals surface area contributed by atoms with Gasteiger partial charge in [-0.05, 0) is 19.8 Å². The molecule has 0 heterocycles. The number of carbonyl (C=O) groups is 2. The molecule has 0 aromatic rings. The van der Waals surface area contributed by atoms with E-state index in [9.17, 15) is 9.59 Å². The molecule has 0 aliphatic heterocycles. The number of nitrogens with two attached hydrogens (primary N) is 2. The summed E-state index contributed by atoms with van der Waals surface area (Å²) in [5, 5.41) is 18.4. The van der Waals surface area contributed by atoms with Crippen LogP contribution in [-0.4, -0.2) is 41.7 Å². The first-order valence-electron chi connectivity index (χ1n) is 5.59. The highest BCUT2D eigenvalue weighted by Gasteiger charge is 2.19. The number of rotatable bonds is 7. The smallest absolute Gasteiger partial charge is 0.330 e. The van der Waals surface area contributed by atoms with Gasteiger partial charge in [0.1, 0.15) is 6.04 Å². The standard InChI is InChI=1S/C10H20N4O4/c1-6(15)5-8(16)18-9(17)7(11)3-2-4-14-10(12)13/h6-7,15H,2-5,11H2,1H3,(H4,12,13,14)/t6?,7-/m0/s1. The molecule has 8 heteroatoms. The van der Waals surface area contributed by atoms with E-state index in [-0.39, 0.29) is 12.4 Å². The molecule has 0 fully saturated rings. The minimum atomic E-state index is -0.906. The van der Waals surface area contributed by atoms with Crippen molar-refractivity contribution < 1.29 is 19.4 Å². The van der Waals surface area contributed by atoms with E-state index in [2.05, 4.69) is 10.1 Å². The predicted octanol–water partition coefficient (Wildman–Crippen LogP) is -1.58. The molecule has 0 rings (SSSR count). The number of aliphatic hydroxyl groups is 1. The highest BCUT2D eigenvalue weighted by molar-refractivity contribution is 5.88. The Balaban J connectivity index is 3.82. The van der Waals surface area contributed by atoms with Crippen LogP contribution in [-0.2, 0) is 14.3 Å². The van der Waals surface area contributed by atoms with E-state index in [1.54, 1.807) is 0 Å². The van der Waals surface area contributed by atoms with Gasteiger partial charge < -0.3 is 26.6 Å². The van der Waals surface area contributed by atoms with E-state index in [1.165, 1.54) is 6.92 Å². The molecule has 0 bridgehead atoms. The number of ether oxygens (including phenoxy) is 1. The molecule has 8 nitrogen and oxygen atoms in total. The first-order valence-corrected chi connectivity index (χ1v) is 5.59. The minimum absolute atomic E-state index is 0.154. The molecule has 0 amide bonds. The molecule has 0 aliphatic carbocycles. The van der Waals surface area contributed by atoms with E-state index < -0.39 is 24.1 Å². The van der Waals surface area contributed by atoms with E-state index >= 15 is 0 Å². The first-order chi connectivity index (χ1) is 8.32. The van der Waals surface area contributed by atoms with Crippen molar-refractivity contribution in [3.05, 3.63) is 0 Å². The van der Waals surface area contributed by atoms with Gasteiger partial charge in [0.25, 0.3) is 0 Å². The molecule has 0 saturated heterocycles. The van der Waals surface area contributed by atoms with Gasteiger partial charge in [0.2, 0.25) is 0 Å². The Morgan fingerprint density at radius 3 is 2.61 bits per heavy atom. The second-order valence-electron chi connectivity index (χ2n) is 3.94. The summed E-state index contributed by atoms with van der Waals surface area (Å²) < 4.78 is 4.45. The van der Waals surface area contributed by atoms with Gasteiger partial charge in [-0.15, -0.1) is 0 Å². The molecule has 1 unspecified atom stereocenters. The van der Waals surface area contributed by atoms with Crippen LogP contribution in [0.25, 0.3) is 0 Å². The first kappa shape index (κ1) is 16.3. The molecule has 0 spiro atoms. The summed E-state index contributed by atoms with van der Waals surface area (Å²) in [7, 11) is 0. The van der Waals surface area contributed by atoms with Crippen LogP contribution in [0.1, 0.15) is 26.2 Å². The van der Waals surface area contributed by atoms with Gasteiger partial charge in [-0.3, -0.25) is 10.2 Å². The van der Waals surface area contributed by atoms with Crippen LogP contribution in [0.15, 0.2) is 0 Å². The fourth-order valence-electron chi connectivity index (χ4n) is 1.13. The van der Waals surface area contributed by atoms with Crippen molar-refractivity contribution in [2.75, 3.05) is 6.54 Å². The zero-order valence-corrected chi connectivity index (χ0v) is 10.3. The average Bonchev–Trinajstić information content (AvgIpc) is 2.22. The quantitative estimate of drug-likeness (QED) is 0.122. The average molecular weight is 260 g/mol. The predicted molar refractivity (Wildman–Crippen MR) is 64.5 cm³/mol. The third kappa shape index (κ3) is 8.48. The third-order valence-corrected chi connectivity index (χ3v) is 1.99. The zero-order chi connectivity index (χ0) is 14.1. The summed E-state index contributed by atoms with van der Waals surface area (Å²) >= 11 is 0. The second kappa shape index (κ2) is 8.43. The Hall–Kier alpha value is -1.67. The molecule has 18 heavy (non-hydrogen) atoms. The Bertz CT molecular complexity index is 306. The van der Waals surface area contributed by atoms with Crippen molar-refractivity contribution in [2.24, 2.45) is 11.5 Å². The van der Waals surface area contributed by atoms with Gasteiger partial charge in [0.15, 0.2) is 5.96 Å². The summed E-state index contributed by atoms with van der Waals surface area (Å²) in [6.45, 7) is 1.83. The molecular formula is C10H20N4O4. The normalized spacial score (nSPS) is 13.5. The molecule has 0 aromatic carbocycles. The Morgan fingerprint density at radius 2 is 2.11 bits per heavy atom. The monoisotopic (exact) mass is 260 g/mol. The molecule has 104 valence electrons. The highest BCUT2D eigenvalue weighted by Crippen LogP contribution is 1.99. The Morgan fingerprint density at radius 1 is 1.50 bits per heavy atom. The maximum Gasteiger partial charge on any atom is 0.330 e. The van der Waals surface area contributed by atoms with Crippen LogP contribution in [0.2, 0.25) is 0 Å². The third-order valence-electron chi connectivity index (χ3n) is 1.99. The lowest BCUT2D eigenvalue weighted by Gasteiger charge is -2.11. The number of hydrogen-bond acceptors (Lipinski definition) is 6. The van der Waals surface area contributed by atoms with E-state index in [0.717, 1.165) is 0 Å². The van der Waals surface area contributed by atoms with Crippen molar-refractivity contribution in [2.45, 2.75) is 38.3 Å². The maximum absolute atomic E-state index is 11.3. The van der Waals surface area contributed by atoms with E-state index in [1.807, 2.05) is 0 Å². The molecule has 0 saturated carbocycles. The molecular weight excluding hydrogens is 240 g/mol. The fourth-order valence-corrected chi connectivity index (χ4v) is 1.13. The van der Waals surface area contributed by atoms with E-state index in [0.29, 0.717) is 19.4 Å². The van der Waals surface area contributed by atoms with Crippen molar-refractivity contribution in [3.8, 4) is 0 Å². The van der Waals surface area contributed by atoms with Gasteiger partial charge in [-0.25, -0.2) is 4.79 Å². The number of carbonyl (C=O) groups excluding carboxylic acids is 2. The number of esters is 2. The minimum Gasteiger partial charge on any atom is -0.393 e. The molecule has 0 radical (unpaired) electrons. The lowest BCUT2D eigenvalue weighted by atomic mass is 10.1. The van der Waals surface area contributed by atoms with Gasteiger partial charge in [-0.2, -0.15) is 0 Å². The lowest BCUT2D eigenvalue weighted by molar-refractivity contribution is -0.161. The number of guanidine groups is 1. The summed E-state index contributed by atoms with van der Waals surface area (Å²) in [5.74, 6) is -1.77. The number of nitrogens with one attached hydrogen (secondary N) is 2. The number of hydrogen-bond donors (Lipinski definition) is 5. The van der Waals surface area contributed by atoms with Crippen molar-refractivity contribution >= 4 is 17.9 Å². The summed E-state index contributed by atoms with van der Waals surface area (Å²) in [5.41, 5.74) is 10.6. The van der Waals surface area contributed by atoms with Crippen LogP contribution in [0, 0.1) is 5.41 Å². The van der Waals surface area contributed by atoms with Crippen molar-refractivity contribution in [3.63, 3.8) is 0 Å². The summed E-state index contributed by atoms with van der Waals surface area (Å²) in [4.78, 5) is 22.4. The Labute approximate surface area is 105 Å². The SMILES string of the molecule is CC(O)CC(=O)OC(=O)[C@@H](N)CCCNC(=N)N. The highest BCUT2D eigenvalue weighted by atomic mass is 16.6. The maximum atomic E-state index is 11.3. The number of aliphatic hydroxyl groups excluding tert-OH is 1. The van der Waals surface area contributed by atoms with Gasteiger partial charge in [-0.1, -0.05) is 0 Å². The lowest BCUT2D eigenvalue weighted by Crippen LogP contribution is -2.36. The van der Waals surface area contributed by atoms with Crippen LogP contribution in [0.5, 0.6) is 0 Å². The fraction of sp³-hybridized carbons (Fsp3) is 0.700. The largest absolute Gasteiger partial charge is 0.393 e. The Kier molecular flexibility index (Phi) is 7.64. The van der Waals surface area contributed by atoms with Crippen LogP contribution < -0.4 is 16.8 Å². The van der Waals surface area contributed by atoms with Crippen LogP contribution >= 0.6 is 0 Å². The van der Waals surface area contributed by atoms with Crippen LogP contribution in [0.3, 0.4) is 0 Å². The van der Waals surface area contributed by atoms with Gasteiger partial charge in [0.05, 0.1) is 12.5 Å². The van der Waals surface area contributed by atoms with Crippen LogP contribution in [0.4, 0.5) is 0 Å². The molecule has 0 aliphatic rings. The topological polar surface area (TPSA) is 152 Å².